The van der Waals surface area contributed by atoms with Crippen LogP contribution in [0, 0.1) is 5.92 Å². The molecule has 270 valence electrons. The summed E-state index contributed by atoms with van der Waals surface area (Å²) in [4.78, 5) is 25.8. The van der Waals surface area contributed by atoms with Crippen LogP contribution in [0.2, 0.25) is 5.02 Å². The number of nitrogens with one attached hydrogen (secondary N) is 1. The summed E-state index contributed by atoms with van der Waals surface area (Å²) in [6.45, 7) is 1.69. The number of esters is 1. The maximum absolute atomic E-state index is 14.5. The van der Waals surface area contributed by atoms with Crippen molar-refractivity contribution < 1.29 is 51.3 Å². The number of aliphatic hydroxyl groups excluding tert-OH is 1. The molecule has 3 aromatic rings. The van der Waals surface area contributed by atoms with Crippen molar-refractivity contribution in [2.24, 2.45) is 5.92 Å². The van der Waals surface area contributed by atoms with Crippen LogP contribution in [0.3, 0.4) is 0 Å². The van der Waals surface area contributed by atoms with Gasteiger partial charge in [-0.05, 0) is 68.4 Å². The van der Waals surface area contributed by atoms with Gasteiger partial charge < -0.3 is 29.9 Å². The van der Waals surface area contributed by atoms with Crippen molar-refractivity contribution in [1.29, 1.82) is 0 Å². The fourth-order valence-corrected chi connectivity index (χ4v) is 8.01. The molecule has 2 fully saturated rings. The van der Waals surface area contributed by atoms with E-state index in [2.05, 4.69) is 20.0 Å². The number of benzene rings is 1. The van der Waals surface area contributed by atoms with Crippen LogP contribution in [-0.2, 0) is 23.4 Å². The Morgan fingerprint density at radius 3 is 2.62 bits per heavy atom. The van der Waals surface area contributed by atoms with Gasteiger partial charge in [0, 0.05) is 5.02 Å². The molecular weight excluding hydrogens is 708 g/mol. The summed E-state index contributed by atoms with van der Waals surface area (Å²) in [6, 6.07) is 5.76. The van der Waals surface area contributed by atoms with Crippen LogP contribution in [0.1, 0.15) is 45.8 Å². The molecule has 1 saturated heterocycles. The Hall–Kier alpha value is -3.57. The lowest BCUT2D eigenvalue weighted by Gasteiger charge is -2.41. The second-order valence-electron chi connectivity index (χ2n) is 12.7. The predicted octanol–water partition coefficient (Wildman–Crippen LogP) is 4.79. The minimum Gasteiger partial charge on any atom is -0.460 e. The lowest BCUT2D eigenvalue weighted by Crippen LogP contribution is -2.57. The van der Waals surface area contributed by atoms with E-state index in [0.29, 0.717) is 17.9 Å². The van der Waals surface area contributed by atoms with Crippen LogP contribution < -0.4 is 15.3 Å². The summed E-state index contributed by atoms with van der Waals surface area (Å²) in [5, 5.41) is 25.5. The molecule has 0 spiro atoms. The van der Waals surface area contributed by atoms with Gasteiger partial charge in [0.15, 0.2) is 17.7 Å². The third kappa shape index (κ3) is 7.00. The summed E-state index contributed by atoms with van der Waals surface area (Å²) in [5.41, 5.74) is 1.83. The lowest BCUT2D eigenvalue weighted by atomic mass is 9.78. The van der Waals surface area contributed by atoms with Gasteiger partial charge in [-0.2, -0.15) is 18.3 Å². The highest BCUT2D eigenvalue weighted by Gasteiger charge is 2.56. The van der Waals surface area contributed by atoms with Crippen LogP contribution in [0.4, 0.5) is 19.0 Å². The number of aromatic nitrogens is 4. The molecular formula is C31H35ClF3N6O8P. The molecule has 1 aliphatic heterocycles. The summed E-state index contributed by atoms with van der Waals surface area (Å²) in [7, 11) is -4.58. The molecule has 6 atom stereocenters. The number of ether oxygens (including phenoxy) is 2. The first-order chi connectivity index (χ1) is 23.5. The monoisotopic (exact) mass is 742 g/mol. The smallest absolute Gasteiger partial charge is 0.459 e. The van der Waals surface area contributed by atoms with Crippen LogP contribution in [-0.4, -0.2) is 78.4 Å². The Balaban J connectivity index is 1.23. The maximum atomic E-state index is 14.5. The van der Waals surface area contributed by atoms with Gasteiger partial charge >= 0.3 is 19.9 Å². The second kappa shape index (κ2) is 13.5. The van der Waals surface area contributed by atoms with E-state index in [-0.39, 0.29) is 41.1 Å². The lowest BCUT2D eigenvalue weighted by molar-refractivity contribution is -0.154. The van der Waals surface area contributed by atoms with E-state index < -0.39 is 74.2 Å². The van der Waals surface area contributed by atoms with Crippen LogP contribution in [0.15, 0.2) is 60.2 Å². The number of nitrogen functional groups attached to an aromatic ring is 1. The fourth-order valence-electron chi connectivity index (χ4n) is 6.14. The molecule has 3 heterocycles. The van der Waals surface area contributed by atoms with Crippen LogP contribution >= 0.6 is 19.3 Å². The number of aliphatic hydroxyl groups is 2. The van der Waals surface area contributed by atoms with E-state index in [1.54, 1.807) is 6.92 Å². The molecule has 0 amide bonds. The Labute approximate surface area is 289 Å². The minimum atomic E-state index is -4.64. The topological polar surface area (TPSA) is 193 Å². The third-order valence-corrected chi connectivity index (χ3v) is 11.1. The van der Waals surface area contributed by atoms with E-state index in [1.807, 2.05) is 0 Å². The number of alkyl halides is 3. The van der Waals surface area contributed by atoms with Gasteiger partial charge in [-0.25, -0.2) is 19.5 Å². The molecule has 50 heavy (non-hydrogen) atoms. The van der Waals surface area contributed by atoms with E-state index in [9.17, 15) is 32.7 Å². The normalized spacial score (nSPS) is 27.6. The highest BCUT2D eigenvalue weighted by molar-refractivity contribution is 7.52. The number of imidazole rings is 1. The first kappa shape index (κ1) is 36.2. The van der Waals surface area contributed by atoms with Gasteiger partial charge in [0.05, 0.1) is 18.5 Å². The molecule has 2 aliphatic carbocycles. The van der Waals surface area contributed by atoms with Gasteiger partial charge in [0.2, 0.25) is 0 Å². The molecule has 14 nitrogen and oxygen atoms in total. The summed E-state index contributed by atoms with van der Waals surface area (Å²) in [6.07, 6.45) is -2.82. The SMILES string of the molecule is CC1CC=CC(C(F)(F)F)=C1COC(=O)C1(NP(=O)(OCC2OC(n3cnc4c(N)ncnc43)[C@](C)(O)[C@@H]2O)Oc2ccc(Cl)cc2)CCC1. The van der Waals surface area contributed by atoms with Crippen molar-refractivity contribution in [1.82, 2.24) is 24.6 Å². The molecule has 0 bridgehead atoms. The number of nitrogens with zero attached hydrogens (tertiary/aromatic N) is 4. The predicted molar refractivity (Wildman–Crippen MR) is 173 cm³/mol. The molecule has 0 radical (unpaired) electrons. The van der Waals surface area contributed by atoms with Crippen molar-refractivity contribution in [2.75, 3.05) is 18.9 Å². The van der Waals surface area contributed by atoms with Gasteiger partial charge in [-0.1, -0.05) is 30.7 Å². The number of hydrogen-bond acceptors (Lipinski definition) is 12. The van der Waals surface area contributed by atoms with Gasteiger partial charge in [0.1, 0.15) is 47.5 Å². The summed E-state index contributed by atoms with van der Waals surface area (Å²) >= 11 is 6.00. The number of carbonyl (C=O) groups is 1. The number of nitrogens with two attached hydrogens (primary N) is 1. The van der Waals surface area contributed by atoms with Crippen molar-refractivity contribution in [3.63, 3.8) is 0 Å². The van der Waals surface area contributed by atoms with Crippen LogP contribution in [0.25, 0.3) is 11.2 Å². The van der Waals surface area contributed by atoms with E-state index in [4.69, 9.17) is 35.9 Å². The highest BCUT2D eigenvalue weighted by atomic mass is 35.5. The van der Waals surface area contributed by atoms with Crippen molar-refractivity contribution >= 4 is 42.3 Å². The van der Waals surface area contributed by atoms with Gasteiger partial charge in [0.25, 0.3) is 0 Å². The Bertz CT molecular complexity index is 1870. The average Bonchev–Trinajstić information content (AvgIpc) is 3.56. The molecule has 2 aromatic heterocycles. The average molecular weight is 743 g/mol. The Morgan fingerprint density at radius 1 is 1.24 bits per heavy atom. The standard InChI is InChI=1S/C31H35ClF3N6O8P/c1-17-5-3-6-21(31(33,34)35)20(17)13-46-28(43)30(11-4-12-30)40-50(45,49-19-9-7-18(32)8-10-19)47-14-22-24(42)29(2,44)27(48-22)41-16-39-23-25(36)37-15-38-26(23)41/h3,6-10,15-17,22,24,27,42,44H,4-5,11-14H2,1-2H3,(H,40,45)(H2,36,37,38)/t17?,22?,24-,27?,29-,50?/m1/s1. The van der Waals surface area contributed by atoms with Crippen LogP contribution in [0.5, 0.6) is 5.75 Å². The highest BCUT2D eigenvalue weighted by Crippen LogP contribution is 2.52. The fraction of sp³-hybridized carbons (Fsp3) is 0.484. The quantitative estimate of drug-likeness (QED) is 0.155. The largest absolute Gasteiger partial charge is 0.460 e. The molecule has 6 rings (SSSR count). The number of anilines is 1. The second-order valence-corrected chi connectivity index (χ2v) is 14.8. The molecule has 1 aromatic carbocycles. The van der Waals surface area contributed by atoms with Crippen molar-refractivity contribution in [2.45, 2.75) is 75.3 Å². The zero-order chi connectivity index (χ0) is 36.1. The summed E-state index contributed by atoms with van der Waals surface area (Å²) < 4.78 is 80.0. The maximum Gasteiger partial charge on any atom is 0.459 e. The molecule has 3 aliphatic rings. The number of rotatable bonds is 11. The number of hydrogen-bond donors (Lipinski definition) is 4. The number of fused-ring (bicyclic) bond motifs is 1. The van der Waals surface area contributed by atoms with E-state index >= 15 is 0 Å². The van der Waals surface area contributed by atoms with E-state index in [1.165, 1.54) is 54.5 Å². The first-order valence-corrected chi connectivity index (χ1v) is 17.6. The van der Waals surface area contributed by atoms with Crippen molar-refractivity contribution in [3.05, 3.63) is 65.2 Å². The number of allylic oxidation sites excluding steroid dienone is 3. The number of carbonyl (C=O) groups excluding carboxylic acids is 1. The zero-order valence-corrected chi connectivity index (χ0v) is 28.5. The summed E-state index contributed by atoms with van der Waals surface area (Å²) in [5.74, 6) is -1.34. The molecule has 4 unspecified atom stereocenters. The minimum absolute atomic E-state index is 0.0378. The Kier molecular flexibility index (Phi) is 9.80. The zero-order valence-electron chi connectivity index (χ0n) is 26.8. The van der Waals surface area contributed by atoms with Crippen molar-refractivity contribution in [3.8, 4) is 5.75 Å². The molecule has 1 saturated carbocycles. The van der Waals surface area contributed by atoms with Gasteiger partial charge in [-0.3, -0.25) is 13.9 Å². The van der Waals surface area contributed by atoms with Gasteiger partial charge in [-0.15, -0.1) is 0 Å². The van der Waals surface area contributed by atoms with E-state index in [0.717, 1.165) is 6.08 Å². The first-order valence-electron chi connectivity index (χ1n) is 15.6. The third-order valence-electron chi connectivity index (χ3n) is 9.17. The molecule has 5 N–H and O–H groups in total. The molecule has 19 heteroatoms. The Morgan fingerprint density at radius 2 is 1.96 bits per heavy atom. The number of halogens is 4.